The van der Waals surface area contributed by atoms with E-state index in [0.29, 0.717) is 24.9 Å². The lowest BCUT2D eigenvalue weighted by molar-refractivity contribution is 0.174. The van der Waals surface area contributed by atoms with Crippen LogP contribution in [0, 0.1) is 5.92 Å². The van der Waals surface area contributed by atoms with Gasteiger partial charge in [-0.15, -0.1) is 0 Å². The van der Waals surface area contributed by atoms with Gasteiger partial charge in [-0.05, 0) is 42.9 Å². The third kappa shape index (κ3) is 4.86. The van der Waals surface area contributed by atoms with Crippen LogP contribution in [-0.4, -0.2) is 45.3 Å². The lowest BCUT2D eigenvalue weighted by Gasteiger charge is -2.19. The van der Waals surface area contributed by atoms with Crippen LogP contribution in [0.25, 0.3) is 0 Å². The van der Waals surface area contributed by atoms with Crippen molar-refractivity contribution in [3.8, 4) is 11.5 Å². The van der Waals surface area contributed by atoms with E-state index in [2.05, 4.69) is 10.6 Å². The van der Waals surface area contributed by atoms with Gasteiger partial charge in [0.05, 0.1) is 18.1 Å². The summed E-state index contributed by atoms with van der Waals surface area (Å²) in [6.07, 6.45) is 5.53. The number of fused-ring (bicyclic) bond motifs is 1. The molecule has 2 fully saturated rings. The quantitative estimate of drug-likeness (QED) is 0.586. The van der Waals surface area contributed by atoms with Crippen LogP contribution in [0.2, 0.25) is 0 Å². The summed E-state index contributed by atoms with van der Waals surface area (Å²) in [6.45, 7) is 1.43. The fraction of sp³-hybridized carbons (Fsp3) is 0.632. The molecule has 1 aromatic rings. The Kier molecular flexibility index (Phi) is 5.43. The van der Waals surface area contributed by atoms with Crippen molar-refractivity contribution in [1.29, 1.82) is 0 Å². The van der Waals surface area contributed by atoms with E-state index < -0.39 is 9.84 Å². The first-order valence-corrected chi connectivity index (χ1v) is 11.5. The summed E-state index contributed by atoms with van der Waals surface area (Å²) < 4.78 is 34.1. The minimum Gasteiger partial charge on any atom is -0.454 e. The molecule has 2 aliphatic heterocycles. The maximum absolute atomic E-state index is 11.7. The number of nitrogens with zero attached hydrogens (tertiary/aromatic N) is 1. The molecular weight excluding hydrogens is 366 g/mol. The molecule has 7 nitrogen and oxygen atoms in total. The van der Waals surface area contributed by atoms with Crippen LogP contribution in [0.4, 0.5) is 0 Å². The van der Waals surface area contributed by atoms with Crippen molar-refractivity contribution in [3.05, 3.63) is 23.8 Å². The van der Waals surface area contributed by atoms with Gasteiger partial charge in [-0.2, -0.15) is 0 Å². The second kappa shape index (κ2) is 7.96. The van der Waals surface area contributed by atoms with E-state index in [1.807, 2.05) is 18.2 Å². The largest absolute Gasteiger partial charge is 0.454 e. The summed E-state index contributed by atoms with van der Waals surface area (Å²) in [7, 11) is -2.85. The van der Waals surface area contributed by atoms with Crippen molar-refractivity contribution in [2.75, 3.05) is 24.8 Å². The van der Waals surface area contributed by atoms with Gasteiger partial charge < -0.3 is 20.1 Å². The van der Waals surface area contributed by atoms with E-state index in [4.69, 9.17) is 14.5 Å². The van der Waals surface area contributed by atoms with E-state index in [1.54, 1.807) is 0 Å². The highest BCUT2D eigenvalue weighted by Crippen LogP contribution is 2.32. The van der Waals surface area contributed by atoms with E-state index >= 15 is 0 Å². The Hall–Kier alpha value is -1.96. The molecule has 1 atom stereocenters. The fourth-order valence-corrected chi connectivity index (χ4v) is 5.76. The molecule has 4 rings (SSSR count). The first-order valence-electron chi connectivity index (χ1n) is 9.71. The Morgan fingerprint density at radius 1 is 1.15 bits per heavy atom. The number of ether oxygens (including phenoxy) is 2. The zero-order valence-electron chi connectivity index (χ0n) is 15.4. The SMILES string of the molecule is O=S1(=O)CCC(CNC(=NCc2ccc3c(c2)OCO3)NC2CCCC2)C1. The Morgan fingerprint density at radius 2 is 1.96 bits per heavy atom. The number of sulfone groups is 1. The van der Waals surface area contributed by atoms with E-state index in [9.17, 15) is 8.42 Å². The van der Waals surface area contributed by atoms with Crippen molar-refractivity contribution in [1.82, 2.24) is 10.6 Å². The number of guanidine groups is 1. The summed E-state index contributed by atoms with van der Waals surface area (Å²) in [5.74, 6) is 3.04. The molecule has 0 aromatic heterocycles. The number of aliphatic imine (C=N–C) groups is 1. The fourth-order valence-electron chi connectivity index (χ4n) is 3.90. The molecule has 2 N–H and O–H groups in total. The first kappa shape index (κ1) is 18.4. The Bertz CT molecular complexity index is 803. The molecule has 2 heterocycles. The molecule has 0 amide bonds. The second-order valence-electron chi connectivity index (χ2n) is 7.63. The highest BCUT2D eigenvalue weighted by Gasteiger charge is 2.28. The van der Waals surface area contributed by atoms with Gasteiger partial charge in [-0.1, -0.05) is 18.9 Å². The van der Waals surface area contributed by atoms with E-state index in [0.717, 1.165) is 42.3 Å². The van der Waals surface area contributed by atoms with Gasteiger partial charge in [0.25, 0.3) is 0 Å². The third-order valence-electron chi connectivity index (χ3n) is 5.44. The van der Waals surface area contributed by atoms with Crippen LogP contribution in [-0.2, 0) is 16.4 Å². The Morgan fingerprint density at radius 3 is 2.74 bits per heavy atom. The Labute approximate surface area is 160 Å². The van der Waals surface area contributed by atoms with Crippen LogP contribution in [0.1, 0.15) is 37.7 Å². The molecule has 1 aliphatic carbocycles. The minimum atomic E-state index is -2.85. The Balaban J connectivity index is 1.39. The first-order chi connectivity index (χ1) is 13.1. The molecule has 3 aliphatic rings. The lowest BCUT2D eigenvalue weighted by Crippen LogP contribution is -2.44. The van der Waals surface area contributed by atoms with Crippen molar-refractivity contribution < 1.29 is 17.9 Å². The molecule has 0 radical (unpaired) electrons. The van der Waals surface area contributed by atoms with Gasteiger partial charge in [-0.3, -0.25) is 0 Å². The zero-order chi connectivity index (χ0) is 18.7. The predicted octanol–water partition coefficient (Wildman–Crippen LogP) is 1.83. The summed E-state index contributed by atoms with van der Waals surface area (Å²) >= 11 is 0. The van der Waals surface area contributed by atoms with Crippen LogP contribution in [0.15, 0.2) is 23.2 Å². The summed E-state index contributed by atoms with van der Waals surface area (Å²) in [5.41, 5.74) is 1.05. The van der Waals surface area contributed by atoms with Crippen LogP contribution >= 0.6 is 0 Å². The van der Waals surface area contributed by atoms with Crippen molar-refractivity contribution >= 4 is 15.8 Å². The maximum Gasteiger partial charge on any atom is 0.231 e. The van der Waals surface area contributed by atoms with E-state index in [-0.39, 0.29) is 18.5 Å². The molecule has 1 unspecified atom stereocenters. The van der Waals surface area contributed by atoms with Gasteiger partial charge in [0, 0.05) is 12.6 Å². The molecule has 0 spiro atoms. The van der Waals surface area contributed by atoms with Gasteiger partial charge in [0.1, 0.15) is 0 Å². The number of benzene rings is 1. The zero-order valence-corrected chi connectivity index (χ0v) is 16.3. The molecule has 148 valence electrons. The maximum atomic E-state index is 11.7. The standard InChI is InChI=1S/C19H27N3O4S/c23-27(24)8-7-15(12-27)11-21-19(22-16-3-1-2-4-16)20-10-14-5-6-17-18(9-14)26-13-25-17/h5-6,9,15-16H,1-4,7-8,10-13H2,(H2,20,21,22). The monoisotopic (exact) mass is 393 g/mol. The second-order valence-corrected chi connectivity index (χ2v) is 9.86. The normalized spacial score (nSPS) is 24.3. The van der Waals surface area contributed by atoms with Crippen LogP contribution in [0.5, 0.6) is 11.5 Å². The lowest BCUT2D eigenvalue weighted by atomic mass is 10.1. The molecule has 0 bridgehead atoms. The average molecular weight is 394 g/mol. The molecule has 8 heteroatoms. The molecule has 1 aromatic carbocycles. The van der Waals surface area contributed by atoms with Gasteiger partial charge in [0.2, 0.25) is 6.79 Å². The van der Waals surface area contributed by atoms with Gasteiger partial charge >= 0.3 is 0 Å². The molecule has 1 saturated heterocycles. The van der Waals surface area contributed by atoms with Crippen molar-refractivity contribution in [2.45, 2.75) is 44.7 Å². The molecular formula is C19H27N3O4S. The van der Waals surface area contributed by atoms with Crippen molar-refractivity contribution in [2.24, 2.45) is 10.9 Å². The minimum absolute atomic E-state index is 0.163. The highest BCUT2D eigenvalue weighted by molar-refractivity contribution is 7.91. The van der Waals surface area contributed by atoms with Crippen LogP contribution < -0.4 is 20.1 Å². The predicted molar refractivity (Wildman–Crippen MR) is 104 cm³/mol. The molecule has 27 heavy (non-hydrogen) atoms. The topological polar surface area (TPSA) is 89.0 Å². The number of hydrogen-bond acceptors (Lipinski definition) is 5. The summed E-state index contributed by atoms with van der Waals surface area (Å²) in [5, 5.41) is 6.88. The highest BCUT2D eigenvalue weighted by atomic mass is 32.2. The van der Waals surface area contributed by atoms with Gasteiger partial charge in [-0.25, -0.2) is 13.4 Å². The number of nitrogens with one attached hydrogen (secondary N) is 2. The average Bonchev–Trinajstić information content (AvgIpc) is 3.38. The molecule has 1 saturated carbocycles. The number of hydrogen-bond donors (Lipinski definition) is 2. The summed E-state index contributed by atoms with van der Waals surface area (Å²) in [4.78, 5) is 4.73. The van der Waals surface area contributed by atoms with Crippen molar-refractivity contribution in [3.63, 3.8) is 0 Å². The van der Waals surface area contributed by atoms with Gasteiger partial charge in [0.15, 0.2) is 27.3 Å². The number of rotatable bonds is 5. The summed E-state index contributed by atoms with van der Waals surface area (Å²) in [6, 6.07) is 6.31. The smallest absolute Gasteiger partial charge is 0.231 e. The van der Waals surface area contributed by atoms with E-state index in [1.165, 1.54) is 12.8 Å². The van der Waals surface area contributed by atoms with Crippen LogP contribution in [0.3, 0.4) is 0 Å². The third-order valence-corrected chi connectivity index (χ3v) is 7.27.